The van der Waals surface area contributed by atoms with Gasteiger partial charge in [0.2, 0.25) is 5.60 Å². The van der Waals surface area contributed by atoms with Gasteiger partial charge in [0, 0.05) is 20.0 Å². The number of likely N-dealkylation sites (N-methyl/N-ethyl adjacent to an activating group) is 2. The van der Waals surface area contributed by atoms with Crippen LogP contribution in [0.5, 0.6) is 0 Å². The zero-order valence-electron chi connectivity index (χ0n) is 10.4. The van der Waals surface area contributed by atoms with E-state index < -0.39 is 29.4 Å². The van der Waals surface area contributed by atoms with Crippen LogP contribution in [0.3, 0.4) is 0 Å². The summed E-state index contributed by atoms with van der Waals surface area (Å²) in [6.07, 6.45) is 5.78. The van der Waals surface area contributed by atoms with E-state index in [1.807, 2.05) is 6.08 Å². The van der Waals surface area contributed by atoms with Gasteiger partial charge in [-0.15, -0.1) is 0 Å². The molecule has 18 heavy (non-hydrogen) atoms. The fourth-order valence-electron chi connectivity index (χ4n) is 2.48. The Morgan fingerprint density at radius 1 is 1.22 bits per heavy atom. The number of allylic oxidation sites excluding steroid dienone is 1. The summed E-state index contributed by atoms with van der Waals surface area (Å²) in [6.45, 7) is 0. The lowest BCUT2D eigenvalue weighted by molar-refractivity contribution is -0.172. The van der Waals surface area contributed by atoms with Crippen LogP contribution in [0.1, 0.15) is 19.3 Å². The van der Waals surface area contributed by atoms with E-state index in [0.29, 0.717) is 6.42 Å². The minimum atomic E-state index is -2.14. The zero-order valence-corrected chi connectivity index (χ0v) is 10.4. The Morgan fingerprint density at radius 2 is 1.78 bits per heavy atom. The van der Waals surface area contributed by atoms with Crippen LogP contribution in [0.25, 0.3) is 0 Å². The molecular weight excluding hydrogens is 236 g/mol. The first kappa shape index (κ1) is 12.8. The molecule has 1 saturated heterocycles. The molecule has 1 fully saturated rings. The van der Waals surface area contributed by atoms with E-state index >= 15 is 0 Å². The summed E-state index contributed by atoms with van der Waals surface area (Å²) in [6, 6.07) is -0.713. The molecule has 4 amide bonds. The van der Waals surface area contributed by atoms with Crippen molar-refractivity contribution in [3.63, 3.8) is 0 Å². The number of carbonyl (C=O) groups is 3. The molecule has 2 rings (SSSR count). The summed E-state index contributed by atoms with van der Waals surface area (Å²) in [5.41, 5.74) is -2.14. The maximum Gasteiger partial charge on any atom is 0.333 e. The van der Waals surface area contributed by atoms with Crippen molar-refractivity contribution in [1.82, 2.24) is 9.80 Å². The highest BCUT2D eigenvalue weighted by atomic mass is 16.3. The second-order valence-corrected chi connectivity index (χ2v) is 4.74. The van der Waals surface area contributed by atoms with Crippen LogP contribution >= 0.6 is 0 Å². The van der Waals surface area contributed by atoms with Gasteiger partial charge in [0.15, 0.2) is 0 Å². The van der Waals surface area contributed by atoms with Crippen molar-refractivity contribution in [3.8, 4) is 0 Å². The van der Waals surface area contributed by atoms with Crippen molar-refractivity contribution in [3.05, 3.63) is 12.2 Å². The molecule has 1 unspecified atom stereocenters. The predicted octanol–water partition coefficient (Wildman–Crippen LogP) is 0.124. The summed E-state index contributed by atoms with van der Waals surface area (Å²) < 4.78 is 0. The Hall–Kier alpha value is -1.69. The van der Waals surface area contributed by atoms with Gasteiger partial charge in [-0.25, -0.2) is 4.79 Å². The Labute approximate surface area is 105 Å². The Morgan fingerprint density at radius 3 is 2.22 bits per heavy atom. The van der Waals surface area contributed by atoms with Gasteiger partial charge in [0.25, 0.3) is 11.8 Å². The molecule has 0 bridgehead atoms. The van der Waals surface area contributed by atoms with E-state index in [-0.39, 0.29) is 0 Å². The second kappa shape index (κ2) is 4.20. The summed E-state index contributed by atoms with van der Waals surface area (Å²) in [5.74, 6) is -2.25. The van der Waals surface area contributed by atoms with E-state index in [0.717, 1.165) is 22.6 Å². The number of aliphatic hydroxyl groups is 1. The highest BCUT2D eigenvalue weighted by molar-refractivity contribution is 6.21. The van der Waals surface area contributed by atoms with Crippen molar-refractivity contribution in [2.45, 2.75) is 24.9 Å². The third-order valence-electron chi connectivity index (χ3n) is 3.63. The number of carbonyl (C=O) groups excluding carboxylic acids is 3. The van der Waals surface area contributed by atoms with Crippen molar-refractivity contribution >= 4 is 17.8 Å². The summed E-state index contributed by atoms with van der Waals surface area (Å²) in [7, 11) is 2.54. The number of rotatable bonds is 1. The molecule has 0 aromatic heterocycles. The molecule has 0 aromatic carbocycles. The highest BCUT2D eigenvalue weighted by Gasteiger charge is 2.58. The molecule has 6 nitrogen and oxygen atoms in total. The molecule has 1 heterocycles. The van der Waals surface area contributed by atoms with E-state index in [1.54, 1.807) is 6.08 Å². The van der Waals surface area contributed by atoms with E-state index in [9.17, 15) is 19.5 Å². The van der Waals surface area contributed by atoms with Gasteiger partial charge < -0.3 is 5.11 Å². The molecule has 1 aliphatic heterocycles. The largest absolute Gasteiger partial charge is 0.371 e. The maximum atomic E-state index is 12.1. The minimum absolute atomic E-state index is 0.556. The number of nitrogens with zero attached hydrogens (tertiary/aromatic N) is 2. The van der Waals surface area contributed by atoms with Crippen LogP contribution < -0.4 is 0 Å². The van der Waals surface area contributed by atoms with E-state index in [2.05, 4.69) is 0 Å². The van der Waals surface area contributed by atoms with E-state index in [1.165, 1.54) is 14.1 Å². The SMILES string of the molecule is CN1C(=O)N(C)C(=O)C(O)(C2C=CCCC2)C1=O. The average molecular weight is 252 g/mol. The van der Waals surface area contributed by atoms with Gasteiger partial charge in [-0.2, -0.15) is 0 Å². The van der Waals surface area contributed by atoms with Crippen LogP contribution in [-0.4, -0.2) is 52.4 Å². The number of amides is 4. The number of hydrogen-bond acceptors (Lipinski definition) is 4. The normalized spacial score (nSPS) is 27.9. The standard InChI is InChI=1S/C12H16N2O4/c1-13-9(15)12(18,8-6-4-3-5-7-8)10(16)14(2)11(13)17/h4,6,8,18H,3,5,7H2,1-2H3. The third-order valence-corrected chi connectivity index (χ3v) is 3.63. The molecule has 98 valence electrons. The summed E-state index contributed by atoms with van der Waals surface area (Å²) in [5, 5.41) is 10.5. The Bertz CT molecular complexity index is 419. The average Bonchev–Trinajstić information content (AvgIpc) is 2.42. The molecule has 0 spiro atoms. The quantitative estimate of drug-likeness (QED) is 0.531. The fraction of sp³-hybridized carbons (Fsp3) is 0.583. The number of urea groups is 1. The molecule has 0 aromatic rings. The first-order valence-electron chi connectivity index (χ1n) is 5.90. The number of hydrogen-bond donors (Lipinski definition) is 1. The van der Waals surface area contributed by atoms with Gasteiger partial charge in [-0.05, 0) is 19.3 Å². The van der Waals surface area contributed by atoms with Gasteiger partial charge in [0.05, 0.1) is 0 Å². The molecule has 0 radical (unpaired) electrons. The zero-order chi connectivity index (χ0) is 13.5. The van der Waals surface area contributed by atoms with Crippen LogP contribution in [0, 0.1) is 5.92 Å². The van der Waals surface area contributed by atoms with Crippen LogP contribution in [0.2, 0.25) is 0 Å². The van der Waals surface area contributed by atoms with Gasteiger partial charge in [-0.1, -0.05) is 12.2 Å². The fourth-order valence-corrected chi connectivity index (χ4v) is 2.48. The Balaban J connectivity index is 2.43. The van der Waals surface area contributed by atoms with Crippen LogP contribution in [0.15, 0.2) is 12.2 Å². The molecular formula is C12H16N2O4. The summed E-state index contributed by atoms with van der Waals surface area (Å²) in [4.78, 5) is 37.4. The van der Waals surface area contributed by atoms with Crippen molar-refractivity contribution in [1.29, 1.82) is 0 Å². The monoisotopic (exact) mass is 252 g/mol. The summed E-state index contributed by atoms with van der Waals surface area (Å²) >= 11 is 0. The maximum absolute atomic E-state index is 12.1. The lowest BCUT2D eigenvalue weighted by atomic mass is 9.78. The predicted molar refractivity (Wildman–Crippen MR) is 62.4 cm³/mol. The molecule has 0 saturated carbocycles. The molecule has 1 aliphatic carbocycles. The molecule has 2 aliphatic rings. The molecule has 6 heteroatoms. The van der Waals surface area contributed by atoms with Crippen LogP contribution in [-0.2, 0) is 9.59 Å². The first-order chi connectivity index (χ1) is 8.40. The van der Waals surface area contributed by atoms with Crippen LogP contribution in [0.4, 0.5) is 4.79 Å². The number of imide groups is 2. The highest BCUT2D eigenvalue weighted by Crippen LogP contribution is 2.33. The topological polar surface area (TPSA) is 77.9 Å². The van der Waals surface area contributed by atoms with E-state index in [4.69, 9.17) is 0 Å². The van der Waals surface area contributed by atoms with Crippen molar-refractivity contribution < 1.29 is 19.5 Å². The Kier molecular flexibility index (Phi) is 2.98. The van der Waals surface area contributed by atoms with Gasteiger partial charge >= 0.3 is 6.03 Å². The smallest absolute Gasteiger partial charge is 0.333 e. The second-order valence-electron chi connectivity index (χ2n) is 4.74. The minimum Gasteiger partial charge on any atom is -0.371 e. The van der Waals surface area contributed by atoms with Crippen molar-refractivity contribution in [2.75, 3.05) is 14.1 Å². The van der Waals surface area contributed by atoms with Gasteiger partial charge in [0.1, 0.15) is 0 Å². The third kappa shape index (κ3) is 1.56. The molecule has 1 atom stereocenters. The molecule has 1 N–H and O–H groups in total. The number of barbiturate groups is 1. The lowest BCUT2D eigenvalue weighted by Crippen LogP contribution is -2.69. The first-order valence-corrected chi connectivity index (χ1v) is 5.90. The van der Waals surface area contributed by atoms with Gasteiger partial charge in [-0.3, -0.25) is 19.4 Å². The lowest BCUT2D eigenvalue weighted by Gasteiger charge is -2.42. The van der Waals surface area contributed by atoms with Crippen molar-refractivity contribution in [2.24, 2.45) is 5.92 Å².